The minimum Gasteiger partial charge on any atom is -0.394 e. The molecule has 0 aliphatic heterocycles. The Kier molecular flexibility index (Phi) is 3.94. The zero-order chi connectivity index (χ0) is 13.8. The van der Waals surface area contributed by atoms with Crippen molar-refractivity contribution in [1.29, 1.82) is 0 Å². The fraction of sp³-hybridized carbons (Fsp3) is 0.357. The molecule has 19 heavy (non-hydrogen) atoms. The number of hydrogen-bond acceptors (Lipinski definition) is 4. The van der Waals surface area contributed by atoms with E-state index in [1.165, 1.54) is 5.69 Å². The van der Waals surface area contributed by atoms with E-state index in [-0.39, 0.29) is 0 Å². The van der Waals surface area contributed by atoms with Crippen LogP contribution >= 0.6 is 0 Å². The molecule has 2 aromatic rings. The Labute approximate surface area is 114 Å². The van der Waals surface area contributed by atoms with Gasteiger partial charge in [0.1, 0.15) is 0 Å². The smallest absolute Gasteiger partial charge is 0.175 e. The van der Waals surface area contributed by atoms with Gasteiger partial charge in [0.25, 0.3) is 0 Å². The first-order chi connectivity index (χ1) is 9.13. The number of nitrogens with zero attached hydrogens (tertiary/aromatic N) is 3. The number of benzene rings is 1. The third-order valence-electron chi connectivity index (χ3n) is 3.12. The molecule has 102 valence electrons. The normalized spacial score (nSPS) is 10.5. The number of aryl methyl sites for hydroxylation is 1. The zero-order valence-electron chi connectivity index (χ0n) is 11.7. The maximum atomic E-state index is 5.86. The lowest BCUT2D eigenvalue weighted by Crippen LogP contribution is -2.21. The molecule has 1 aromatic carbocycles. The Hall–Kier alpha value is -2.17. The monoisotopic (exact) mass is 259 g/mol. The van der Waals surface area contributed by atoms with E-state index >= 15 is 0 Å². The van der Waals surface area contributed by atoms with Crippen molar-refractivity contribution in [3.8, 4) is 0 Å². The third kappa shape index (κ3) is 2.99. The predicted octanol–water partition coefficient (Wildman–Crippen LogP) is 2.59. The quantitative estimate of drug-likeness (QED) is 0.866. The summed E-state index contributed by atoms with van der Waals surface area (Å²) in [5.74, 6) is 0.693. The number of nitrogens with one attached hydrogen (secondary N) is 1. The molecule has 0 atom stereocenters. The van der Waals surface area contributed by atoms with E-state index in [4.69, 9.17) is 5.73 Å². The molecule has 5 nitrogen and oxygen atoms in total. The average molecular weight is 259 g/mol. The van der Waals surface area contributed by atoms with Crippen molar-refractivity contribution in [2.45, 2.75) is 13.8 Å². The van der Waals surface area contributed by atoms with Gasteiger partial charge in [0.2, 0.25) is 0 Å². The Bertz CT molecular complexity index is 525. The largest absolute Gasteiger partial charge is 0.394 e. The zero-order valence-corrected chi connectivity index (χ0v) is 11.7. The number of aromatic nitrogens is 2. The van der Waals surface area contributed by atoms with E-state index in [2.05, 4.69) is 41.3 Å². The van der Waals surface area contributed by atoms with Crippen molar-refractivity contribution in [2.24, 2.45) is 7.05 Å². The topological polar surface area (TPSA) is 59.1 Å². The van der Waals surface area contributed by atoms with Crippen molar-refractivity contribution >= 4 is 22.9 Å². The lowest BCUT2D eigenvalue weighted by Gasteiger charge is -2.21. The van der Waals surface area contributed by atoms with Crippen LogP contribution in [-0.4, -0.2) is 22.9 Å². The van der Waals surface area contributed by atoms with Gasteiger partial charge in [-0.1, -0.05) is 0 Å². The van der Waals surface area contributed by atoms with E-state index in [0.717, 1.165) is 18.8 Å². The first-order valence-electron chi connectivity index (χ1n) is 6.55. The lowest BCUT2D eigenvalue weighted by atomic mass is 10.2. The summed E-state index contributed by atoms with van der Waals surface area (Å²) in [6.45, 7) is 6.33. The molecule has 0 radical (unpaired) electrons. The Morgan fingerprint density at radius 1 is 1.21 bits per heavy atom. The molecular formula is C14H21N5. The minimum atomic E-state index is 0.648. The van der Waals surface area contributed by atoms with E-state index < -0.39 is 0 Å². The van der Waals surface area contributed by atoms with Crippen LogP contribution in [0.2, 0.25) is 0 Å². The van der Waals surface area contributed by atoms with Gasteiger partial charge in [-0.3, -0.25) is 4.68 Å². The van der Waals surface area contributed by atoms with Crippen molar-refractivity contribution in [1.82, 2.24) is 9.78 Å². The standard InChI is InChI=1S/C14H21N5/c1-4-19(5-2)12-8-6-11(7-9-12)16-14-13(15)10-18(3)17-14/h6-10H,4-5,15H2,1-3H3,(H,16,17). The van der Waals surface area contributed by atoms with E-state index in [0.29, 0.717) is 11.5 Å². The number of nitrogen functional groups attached to an aromatic ring is 1. The fourth-order valence-electron chi connectivity index (χ4n) is 2.08. The molecule has 0 saturated heterocycles. The summed E-state index contributed by atoms with van der Waals surface area (Å²) >= 11 is 0. The van der Waals surface area contributed by atoms with E-state index in [9.17, 15) is 0 Å². The number of hydrogen-bond donors (Lipinski definition) is 2. The lowest BCUT2D eigenvalue weighted by molar-refractivity contribution is 0.771. The van der Waals surface area contributed by atoms with Gasteiger partial charge in [-0.15, -0.1) is 0 Å². The fourth-order valence-corrected chi connectivity index (χ4v) is 2.08. The highest BCUT2D eigenvalue weighted by atomic mass is 15.3. The second-order valence-corrected chi connectivity index (χ2v) is 4.45. The van der Waals surface area contributed by atoms with E-state index in [1.807, 2.05) is 19.2 Å². The molecular weight excluding hydrogens is 238 g/mol. The molecule has 0 bridgehead atoms. The van der Waals surface area contributed by atoms with Gasteiger partial charge in [0, 0.05) is 37.7 Å². The van der Waals surface area contributed by atoms with Crippen LogP contribution in [0.25, 0.3) is 0 Å². The summed E-state index contributed by atoms with van der Waals surface area (Å²) in [5, 5.41) is 7.49. The van der Waals surface area contributed by atoms with Gasteiger partial charge in [0.15, 0.2) is 5.82 Å². The van der Waals surface area contributed by atoms with Crippen LogP contribution < -0.4 is 16.0 Å². The summed E-state index contributed by atoms with van der Waals surface area (Å²) in [6, 6.07) is 8.30. The Balaban J connectivity index is 2.12. The van der Waals surface area contributed by atoms with Gasteiger partial charge in [-0.2, -0.15) is 5.10 Å². The molecule has 0 aliphatic rings. The molecule has 0 unspecified atom stereocenters. The van der Waals surface area contributed by atoms with Gasteiger partial charge in [-0.25, -0.2) is 0 Å². The predicted molar refractivity (Wildman–Crippen MR) is 80.9 cm³/mol. The minimum absolute atomic E-state index is 0.648. The number of anilines is 4. The Morgan fingerprint density at radius 3 is 2.32 bits per heavy atom. The maximum Gasteiger partial charge on any atom is 0.175 e. The molecule has 0 aliphatic carbocycles. The van der Waals surface area contributed by atoms with E-state index in [1.54, 1.807) is 10.9 Å². The van der Waals surface area contributed by atoms with Crippen molar-refractivity contribution < 1.29 is 0 Å². The van der Waals surface area contributed by atoms with Crippen molar-refractivity contribution in [3.05, 3.63) is 30.5 Å². The van der Waals surface area contributed by atoms with Crippen LogP contribution in [0.3, 0.4) is 0 Å². The second kappa shape index (κ2) is 5.65. The van der Waals surface area contributed by atoms with Crippen LogP contribution in [0.5, 0.6) is 0 Å². The SMILES string of the molecule is CCN(CC)c1ccc(Nc2nn(C)cc2N)cc1. The number of nitrogens with two attached hydrogens (primary N) is 1. The second-order valence-electron chi connectivity index (χ2n) is 4.45. The van der Waals surface area contributed by atoms with Crippen LogP contribution in [-0.2, 0) is 7.05 Å². The summed E-state index contributed by atoms with van der Waals surface area (Å²) in [6.07, 6.45) is 1.78. The molecule has 0 spiro atoms. The van der Waals surface area contributed by atoms with Crippen LogP contribution in [0.15, 0.2) is 30.5 Å². The summed E-state index contributed by atoms with van der Waals surface area (Å²) in [7, 11) is 1.85. The van der Waals surface area contributed by atoms with Gasteiger partial charge >= 0.3 is 0 Å². The molecule has 3 N–H and O–H groups in total. The molecule has 5 heteroatoms. The average Bonchev–Trinajstić information content (AvgIpc) is 2.71. The third-order valence-corrected chi connectivity index (χ3v) is 3.12. The molecule has 0 fully saturated rings. The highest BCUT2D eigenvalue weighted by molar-refractivity contribution is 5.69. The summed E-state index contributed by atoms with van der Waals surface area (Å²) in [5.41, 5.74) is 8.72. The summed E-state index contributed by atoms with van der Waals surface area (Å²) < 4.78 is 1.70. The molecule has 2 rings (SSSR count). The molecule has 1 heterocycles. The highest BCUT2D eigenvalue weighted by Gasteiger charge is 2.05. The first-order valence-corrected chi connectivity index (χ1v) is 6.55. The van der Waals surface area contributed by atoms with Crippen molar-refractivity contribution in [2.75, 3.05) is 29.0 Å². The molecule has 0 amide bonds. The molecule has 1 aromatic heterocycles. The van der Waals surface area contributed by atoms with Crippen molar-refractivity contribution in [3.63, 3.8) is 0 Å². The van der Waals surface area contributed by atoms with Crippen LogP contribution in [0.4, 0.5) is 22.9 Å². The highest BCUT2D eigenvalue weighted by Crippen LogP contribution is 2.23. The maximum absolute atomic E-state index is 5.86. The first kappa shape index (κ1) is 13.3. The molecule has 0 saturated carbocycles. The van der Waals surface area contributed by atoms with Gasteiger partial charge < -0.3 is 16.0 Å². The summed E-state index contributed by atoms with van der Waals surface area (Å²) in [4.78, 5) is 2.30. The Morgan fingerprint density at radius 2 is 1.84 bits per heavy atom. The van der Waals surface area contributed by atoms with Gasteiger partial charge in [-0.05, 0) is 38.1 Å². The van der Waals surface area contributed by atoms with Gasteiger partial charge in [0.05, 0.1) is 5.69 Å². The van der Waals surface area contributed by atoms with Crippen LogP contribution in [0.1, 0.15) is 13.8 Å². The van der Waals surface area contributed by atoms with Crippen LogP contribution in [0, 0.1) is 0 Å². The number of rotatable bonds is 5.